The van der Waals surface area contributed by atoms with Crippen molar-refractivity contribution in [3.63, 3.8) is 0 Å². The van der Waals surface area contributed by atoms with Gasteiger partial charge in [0.2, 0.25) is 0 Å². The van der Waals surface area contributed by atoms with Crippen LogP contribution in [0.5, 0.6) is 0 Å². The molecule has 0 aromatic rings. The van der Waals surface area contributed by atoms with Crippen molar-refractivity contribution in [3.8, 4) is 0 Å². The lowest BCUT2D eigenvalue weighted by Gasteiger charge is -2.30. The van der Waals surface area contributed by atoms with Crippen molar-refractivity contribution in [1.29, 1.82) is 0 Å². The Morgan fingerprint density at radius 2 is 1.83 bits per heavy atom. The van der Waals surface area contributed by atoms with Gasteiger partial charge in [-0.3, -0.25) is 4.79 Å². The molecule has 0 saturated carbocycles. The van der Waals surface area contributed by atoms with Gasteiger partial charge in [-0.2, -0.15) is 0 Å². The molecule has 3 aliphatic rings. The van der Waals surface area contributed by atoms with Gasteiger partial charge >= 0.3 is 5.97 Å². The molecule has 0 unspecified atom stereocenters. The first-order valence-electron chi connectivity index (χ1n) is 8.52. The predicted molar refractivity (Wildman–Crippen MR) is 83.0 cm³/mol. The Morgan fingerprint density at radius 3 is 2.42 bits per heavy atom. The second-order valence-electron chi connectivity index (χ2n) is 7.74. The largest absolute Gasteiger partial charge is 0.469 e. The number of esters is 1. The minimum Gasteiger partial charge on any atom is -0.469 e. The van der Waals surface area contributed by atoms with Crippen molar-refractivity contribution in [1.82, 2.24) is 0 Å². The Hall–Kier alpha value is -0.730. The van der Waals surface area contributed by atoms with E-state index in [4.69, 9.17) is 28.4 Å². The van der Waals surface area contributed by atoms with E-state index in [9.17, 15) is 4.79 Å². The van der Waals surface area contributed by atoms with Gasteiger partial charge in [0.25, 0.3) is 0 Å². The third kappa shape index (κ3) is 3.20. The van der Waals surface area contributed by atoms with Crippen molar-refractivity contribution in [2.45, 2.75) is 83.1 Å². The summed E-state index contributed by atoms with van der Waals surface area (Å²) in [6.07, 6.45) is -0.0868. The lowest BCUT2D eigenvalue weighted by atomic mass is 9.92. The van der Waals surface area contributed by atoms with Crippen LogP contribution in [0, 0.1) is 5.92 Å². The number of hydrogen-bond acceptors (Lipinski definition) is 7. The summed E-state index contributed by atoms with van der Waals surface area (Å²) in [6.45, 7) is 10.0. The van der Waals surface area contributed by atoms with Crippen molar-refractivity contribution in [2.24, 2.45) is 5.92 Å². The van der Waals surface area contributed by atoms with Crippen LogP contribution < -0.4 is 0 Å². The highest BCUT2D eigenvalue weighted by atomic mass is 16.9. The molecular weight excluding hydrogens is 316 g/mol. The quantitative estimate of drug-likeness (QED) is 0.722. The number of carbonyl (C=O) groups excluding carboxylic acids is 1. The molecule has 0 radical (unpaired) electrons. The molecule has 3 saturated heterocycles. The summed E-state index contributed by atoms with van der Waals surface area (Å²) in [5.74, 6) is -2.58. The van der Waals surface area contributed by atoms with Crippen molar-refractivity contribution >= 4 is 5.97 Å². The summed E-state index contributed by atoms with van der Waals surface area (Å²) in [7, 11) is 1.38. The van der Waals surface area contributed by atoms with Gasteiger partial charge < -0.3 is 28.4 Å². The summed E-state index contributed by atoms with van der Waals surface area (Å²) < 4.78 is 34.9. The van der Waals surface area contributed by atoms with E-state index in [2.05, 4.69) is 6.92 Å². The first kappa shape index (κ1) is 18.1. The average Bonchev–Trinajstić information content (AvgIpc) is 3.06. The number of carbonyl (C=O) groups is 1. The van der Waals surface area contributed by atoms with Gasteiger partial charge in [0.1, 0.15) is 12.2 Å². The fourth-order valence-corrected chi connectivity index (χ4v) is 3.93. The second-order valence-corrected chi connectivity index (χ2v) is 7.74. The van der Waals surface area contributed by atoms with Crippen molar-refractivity contribution in [2.75, 3.05) is 13.7 Å². The fourth-order valence-electron chi connectivity index (χ4n) is 3.93. The topological polar surface area (TPSA) is 72.5 Å². The zero-order valence-electron chi connectivity index (χ0n) is 15.3. The van der Waals surface area contributed by atoms with E-state index in [1.165, 1.54) is 7.11 Å². The molecule has 0 N–H and O–H groups in total. The molecule has 3 rings (SSSR count). The molecule has 0 bridgehead atoms. The molecule has 0 amide bonds. The molecule has 138 valence electrons. The van der Waals surface area contributed by atoms with Crippen molar-refractivity contribution in [3.05, 3.63) is 0 Å². The van der Waals surface area contributed by atoms with Crippen LogP contribution in [0.3, 0.4) is 0 Å². The van der Waals surface area contributed by atoms with Crippen LogP contribution in [0.1, 0.15) is 47.5 Å². The van der Waals surface area contributed by atoms with Gasteiger partial charge in [0.05, 0.1) is 26.2 Å². The molecule has 24 heavy (non-hydrogen) atoms. The Morgan fingerprint density at radius 1 is 1.12 bits per heavy atom. The SMILES string of the molecule is COC(=O)CC[C@@]12O[C@@H]([C@H]3COC(C)(C)O3)[C@H](C)[C@@H]1OC(C)(C)O2. The minimum absolute atomic E-state index is 0.0481. The molecule has 7 nitrogen and oxygen atoms in total. The van der Waals surface area contributed by atoms with Crippen LogP contribution >= 0.6 is 0 Å². The summed E-state index contributed by atoms with van der Waals surface area (Å²) >= 11 is 0. The zero-order chi connectivity index (χ0) is 17.8. The summed E-state index contributed by atoms with van der Waals surface area (Å²) in [6, 6.07) is 0. The monoisotopic (exact) mass is 344 g/mol. The number of hydrogen-bond donors (Lipinski definition) is 0. The molecule has 5 atom stereocenters. The second kappa shape index (κ2) is 5.92. The molecule has 0 aromatic heterocycles. The Bertz CT molecular complexity index is 503. The van der Waals surface area contributed by atoms with Crippen LogP contribution in [-0.2, 0) is 33.2 Å². The number of fused-ring (bicyclic) bond motifs is 1. The zero-order valence-corrected chi connectivity index (χ0v) is 15.3. The standard InChI is InChI=1S/C17H28O7/c1-10-13(11-9-20-15(2,3)21-11)22-17(8-7-12(18)19-6)14(10)23-16(4,5)24-17/h10-11,13-14H,7-9H2,1-6H3/t10-,11+,13+,14-,17-/m0/s1. The van der Waals surface area contributed by atoms with Gasteiger partial charge in [-0.25, -0.2) is 0 Å². The summed E-state index contributed by atoms with van der Waals surface area (Å²) in [4.78, 5) is 11.6. The lowest BCUT2D eigenvalue weighted by Crippen LogP contribution is -2.40. The molecule has 3 fully saturated rings. The van der Waals surface area contributed by atoms with Gasteiger partial charge in [0.15, 0.2) is 17.4 Å². The van der Waals surface area contributed by atoms with E-state index < -0.39 is 17.4 Å². The van der Waals surface area contributed by atoms with Gasteiger partial charge in [-0.1, -0.05) is 6.92 Å². The molecule has 0 aliphatic carbocycles. The fraction of sp³-hybridized carbons (Fsp3) is 0.941. The van der Waals surface area contributed by atoms with E-state index in [0.717, 1.165) is 0 Å². The number of ether oxygens (including phenoxy) is 6. The highest BCUT2D eigenvalue weighted by Gasteiger charge is 2.65. The van der Waals surface area contributed by atoms with Gasteiger partial charge in [-0.05, 0) is 27.7 Å². The molecular formula is C17H28O7. The van der Waals surface area contributed by atoms with E-state index in [1.807, 2.05) is 27.7 Å². The van der Waals surface area contributed by atoms with Crippen LogP contribution in [-0.4, -0.2) is 55.4 Å². The third-order valence-electron chi connectivity index (χ3n) is 4.90. The first-order valence-corrected chi connectivity index (χ1v) is 8.52. The van der Waals surface area contributed by atoms with Crippen LogP contribution in [0.15, 0.2) is 0 Å². The Balaban J connectivity index is 1.78. The third-order valence-corrected chi connectivity index (χ3v) is 4.90. The number of methoxy groups -OCH3 is 1. The van der Waals surface area contributed by atoms with E-state index >= 15 is 0 Å². The van der Waals surface area contributed by atoms with E-state index in [-0.39, 0.29) is 36.6 Å². The number of rotatable bonds is 4. The highest BCUT2D eigenvalue weighted by Crippen LogP contribution is 2.51. The van der Waals surface area contributed by atoms with Crippen LogP contribution in [0.25, 0.3) is 0 Å². The Labute approximate surface area is 142 Å². The highest BCUT2D eigenvalue weighted by molar-refractivity contribution is 5.69. The van der Waals surface area contributed by atoms with E-state index in [0.29, 0.717) is 13.0 Å². The van der Waals surface area contributed by atoms with Crippen LogP contribution in [0.2, 0.25) is 0 Å². The summed E-state index contributed by atoms with van der Waals surface area (Å²) in [5, 5.41) is 0. The predicted octanol–water partition coefficient (Wildman–Crippen LogP) is 1.97. The molecule has 3 heterocycles. The van der Waals surface area contributed by atoms with Gasteiger partial charge in [0, 0.05) is 12.3 Å². The average molecular weight is 344 g/mol. The normalized spacial score (nSPS) is 42.9. The van der Waals surface area contributed by atoms with Crippen molar-refractivity contribution < 1.29 is 33.2 Å². The molecule has 7 heteroatoms. The maximum atomic E-state index is 11.6. The van der Waals surface area contributed by atoms with E-state index in [1.54, 1.807) is 0 Å². The molecule has 3 aliphatic heterocycles. The van der Waals surface area contributed by atoms with Gasteiger partial charge in [-0.15, -0.1) is 0 Å². The van der Waals surface area contributed by atoms with Crippen LogP contribution in [0.4, 0.5) is 0 Å². The maximum Gasteiger partial charge on any atom is 0.305 e. The Kier molecular flexibility index (Phi) is 4.45. The minimum atomic E-state index is -0.960. The summed E-state index contributed by atoms with van der Waals surface area (Å²) in [5.41, 5.74) is 0. The first-order chi connectivity index (χ1) is 11.1. The smallest absolute Gasteiger partial charge is 0.305 e. The lowest BCUT2D eigenvalue weighted by molar-refractivity contribution is -0.275. The molecule has 0 aromatic carbocycles. The maximum absolute atomic E-state index is 11.6. The molecule has 0 spiro atoms.